The summed E-state index contributed by atoms with van der Waals surface area (Å²) in [6.45, 7) is -0.0397. The minimum Gasteiger partial charge on any atom is -0.322 e. The third-order valence-electron chi connectivity index (χ3n) is 4.38. The van der Waals surface area contributed by atoms with Crippen LogP contribution >= 0.6 is 0 Å². The summed E-state index contributed by atoms with van der Waals surface area (Å²) in [5.41, 5.74) is -4.80. The van der Waals surface area contributed by atoms with E-state index in [2.05, 4.69) is 0 Å². The van der Waals surface area contributed by atoms with Crippen LogP contribution in [0.15, 0.2) is 65.6 Å². The van der Waals surface area contributed by atoms with E-state index in [0.29, 0.717) is 17.7 Å². The van der Waals surface area contributed by atoms with E-state index in [1.54, 1.807) is 0 Å². The number of carbonyl (C=O) groups excluding carboxylic acids is 1. The molecule has 4 nitrogen and oxygen atoms in total. The van der Waals surface area contributed by atoms with Crippen molar-refractivity contribution in [3.8, 4) is 0 Å². The van der Waals surface area contributed by atoms with Gasteiger partial charge in [0.25, 0.3) is 11.5 Å². The Labute approximate surface area is 175 Å². The molecule has 0 radical (unpaired) electrons. The molecule has 0 unspecified atom stereocenters. The van der Waals surface area contributed by atoms with Crippen LogP contribution in [0.4, 0.5) is 36.4 Å². The van der Waals surface area contributed by atoms with Gasteiger partial charge in [0, 0.05) is 11.9 Å². The highest BCUT2D eigenvalue weighted by Gasteiger charge is 2.37. The summed E-state index contributed by atoms with van der Waals surface area (Å²) in [7, 11) is 0. The van der Waals surface area contributed by atoms with Crippen molar-refractivity contribution in [3.05, 3.63) is 99.2 Å². The fraction of sp³-hybridized carbons (Fsp3) is 0.143. The molecule has 3 rings (SSSR count). The number of nitrogens with one attached hydrogen (secondary N) is 1. The maximum absolute atomic E-state index is 13.0. The van der Waals surface area contributed by atoms with E-state index >= 15 is 0 Å². The van der Waals surface area contributed by atoms with Crippen LogP contribution < -0.4 is 10.9 Å². The van der Waals surface area contributed by atoms with Crippen molar-refractivity contribution in [3.63, 3.8) is 0 Å². The molecule has 32 heavy (non-hydrogen) atoms. The number of hydrogen-bond acceptors (Lipinski definition) is 2. The topological polar surface area (TPSA) is 51.1 Å². The first-order valence-electron chi connectivity index (χ1n) is 8.89. The maximum Gasteiger partial charge on any atom is 0.416 e. The van der Waals surface area contributed by atoms with Crippen molar-refractivity contribution in [1.29, 1.82) is 0 Å². The predicted octanol–water partition coefficient (Wildman–Crippen LogP) is 5.33. The molecule has 1 N–H and O–H groups in total. The smallest absolute Gasteiger partial charge is 0.322 e. The molecular weight excluding hydrogens is 445 g/mol. The summed E-state index contributed by atoms with van der Waals surface area (Å²) in [5.74, 6) is -1.68. The second-order valence-electron chi connectivity index (χ2n) is 6.73. The Morgan fingerprint density at radius 3 is 1.97 bits per heavy atom. The Balaban J connectivity index is 1.92. The molecule has 0 aliphatic heterocycles. The summed E-state index contributed by atoms with van der Waals surface area (Å²) >= 11 is 0. The summed E-state index contributed by atoms with van der Waals surface area (Å²) in [4.78, 5) is 25.1. The van der Waals surface area contributed by atoms with Crippen LogP contribution in [0.2, 0.25) is 0 Å². The quantitative estimate of drug-likeness (QED) is 0.538. The van der Waals surface area contributed by atoms with E-state index in [1.165, 1.54) is 36.5 Å². The second-order valence-corrected chi connectivity index (χ2v) is 6.73. The fourth-order valence-corrected chi connectivity index (χ4v) is 2.85. The summed E-state index contributed by atoms with van der Waals surface area (Å²) in [5, 5.41) is 1.92. The maximum atomic E-state index is 13.0. The molecule has 0 atom stereocenters. The van der Waals surface area contributed by atoms with Crippen LogP contribution in [0, 0.1) is 5.82 Å². The zero-order chi connectivity index (χ0) is 23.7. The molecule has 1 heterocycles. The predicted molar refractivity (Wildman–Crippen MR) is 101 cm³/mol. The van der Waals surface area contributed by atoms with Crippen LogP contribution in [0.3, 0.4) is 0 Å². The first-order chi connectivity index (χ1) is 14.8. The van der Waals surface area contributed by atoms with Gasteiger partial charge < -0.3 is 9.88 Å². The van der Waals surface area contributed by atoms with E-state index in [9.17, 15) is 40.3 Å². The number of anilines is 1. The Morgan fingerprint density at radius 2 is 1.44 bits per heavy atom. The molecule has 2 aromatic carbocycles. The lowest BCUT2D eigenvalue weighted by Crippen LogP contribution is -2.29. The number of halogens is 7. The van der Waals surface area contributed by atoms with Gasteiger partial charge in [-0.3, -0.25) is 9.59 Å². The van der Waals surface area contributed by atoms with Crippen LogP contribution in [0.25, 0.3) is 0 Å². The van der Waals surface area contributed by atoms with E-state index < -0.39 is 52.0 Å². The molecule has 1 aromatic heterocycles. The van der Waals surface area contributed by atoms with Crippen LogP contribution in [0.1, 0.15) is 27.0 Å². The molecule has 0 bridgehead atoms. The molecule has 0 fully saturated rings. The average molecular weight is 458 g/mol. The van der Waals surface area contributed by atoms with Gasteiger partial charge in [-0.15, -0.1) is 0 Å². The zero-order valence-corrected chi connectivity index (χ0v) is 15.9. The molecule has 0 aliphatic rings. The van der Waals surface area contributed by atoms with Crippen molar-refractivity contribution < 1.29 is 35.5 Å². The van der Waals surface area contributed by atoms with Gasteiger partial charge in [0.1, 0.15) is 11.4 Å². The Hall–Kier alpha value is -3.63. The number of rotatable bonds is 4. The van der Waals surface area contributed by atoms with Gasteiger partial charge in [-0.05, 0) is 48.0 Å². The van der Waals surface area contributed by atoms with Gasteiger partial charge in [0.15, 0.2) is 0 Å². The normalized spacial score (nSPS) is 12.0. The van der Waals surface area contributed by atoms with Gasteiger partial charge in [-0.1, -0.05) is 12.1 Å². The largest absolute Gasteiger partial charge is 0.416 e. The standard InChI is InChI=1S/C21H13F7N2O2/c22-15-5-3-12(4-6-15)11-30-7-1-2-17(19(30)32)18(31)29-16-9-13(20(23,24)25)8-14(10-16)21(26,27)28/h1-10H,11H2,(H,29,31). The molecule has 1 amide bonds. The number of alkyl halides is 6. The number of hydrogen-bond donors (Lipinski definition) is 1. The number of aromatic nitrogens is 1. The number of carbonyl (C=O) groups is 1. The summed E-state index contributed by atoms with van der Waals surface area (Å²) in [6, 6.07) is 8.16. The molecule has 3 aromatic rings. The minimum atomic E-state index is -5.09. The Morgan fingerprint density at radius 1 is 0.875 bits per heavy atom. The SMILES string of the molecule is O=C(Nc1cc(C(F)(F)F)cc(C(F)(F)F)c1)c1cccn(Cc2ccc(F)cc2)c1=O. The summed E-state index contributed by atoms with van der Waals surface area (Å²) in [6.07, 6.45) is -8.85. The molecule has 0 saturated heterocycles. The highest BCUT2D eigenvalue weighted by Crippen LogP contribution is 2.37. The van der Waals surface area contributed by atoms with E-state index in [-0.39, 0.29) is 12.6 Å². The number of amides is 1. The third kappa shape index (κ3) is 5.34. The highest BCUT2D eigenvalue weighted by atomic mass is 19.4. The van der Waals surface area contributed by atoms with Crippen LogP contribution in [-0.2, 0) is 18.9 Å². The Bertz CT molecular complexity index is 1160. The van der Waals surface area contributed by atoms with Crippen molar-refractivity contribution in [1.82, 2.24) is 4.57 Å². The van der Waals surface area contributed by atoms with E-state index in [0.717, 1.165) is 10.6 Å². The van der Waals surface area contributed by atoms with Crippen LogP contribution in [0.5, 0.6) is 0 Å². The van der Waals surface area contributed by atoms with Crippen molar-refractivity contribution >= 4 is 11.6 Å². The zero-order valence-electron chi connectivity index (χ0n) is 15.9. The minimum absolute atomic E-state index is 0.0397. The monoisotopic (exact) mass is 458 g/mol. The van der Waals surface area contributed by atoms with Crippen molar-refractivity contribution in [2.24, 2.45) is 0 Å². The molecule has 0 saturated carbocycles. The Kier molecular flexibility index (Phi) is 6.11. The number of pyridine rings is 1. The molecular formula is C21H13F7N2O2. The molecule has 168 valence electrons. The average Bonchev–Trinajstić information content (AvgIpc) is 2.69. The first kappa shape index (κ1) is 23.0. The van der Waals surface area contributed by atoms with Gasteiger partial charge in [-0.25, -0.2) is 4.39 Å². The number of nitrogens with zero attached hydrogens (tertiary/aromatic N) is 1. The highest BCUT2D eigenvalue weighted by molar-refractivity contribution is 6.04. The van der Waals surface area contributed by atoms with Gasteiger partial charge in [0.2, 0.25) is 0 Å². The second kappa shape index (κ2) is 8.48. The van der Waals surface area contributed by atoms with Gasteiger partial charge >= 0.3 is 12.4 Å². The van der Waals surface area contributed by atoms with Crippen LogP contribution in [-0.4, -0.2) is 10.5 Å². The molecule has 0 spiro atoms. The lowest BCUT2D eigenvalue weighted by Gasteiger charge is -2.15. The number of benzene rings is 2. The lowest BCUT2D eigenvalue weighted by molar-refractivity contribution is -0.143. The first-order valence-corrected chi connectivity index (χ1v) is 8.89. The summed E-state index contributed by atoms with van der Waals surface area (Å²) < 4.78 is 92.0. The van der Waals surface area contributed by atoms with Gasteiger partial charge in [0.05, 0.1) is 17.7 Å². The van der Waals surface area contributed by atoms with E-state index in [4.69, 9.17) is 0 Å². The molecule has 0 aliphatic carbocycles. The van der Waals surface area contributed by atoms with Crippen molar-refractivity contribution in [2.45, 2.75) is 18.9 Å². The van der Waals surface area contributed by atoms with E-state index in [1.807, 2.05) is 5.32 Å². The van der Waals surface area contributed by atoms with Gasteiger partial charge in [-0.2, -0.15) is 26.3 Å². The third-order valence-corrected chi connectivity index (χ3v) is 4.38. The fourth-order valence-electron chi connectivity index (χ4n) is 2.85. The lowest BCUT2D eigenvalue weighted by atomic mass is 10.1. The molecule has 11 heteroatoms. The van der Waals surface area contributed by atoms with Crippen molar-refractivity contribution in [2.75, 3.05) is 5.32 Å².